The number of nitrogens with zero attached hydrogens (tertiary/aromatic N) is 2. The van der Waals surface area contributed by atoms with Crippen LogP contribution in [0.1, 0.15) is 5.56 Å². The van der Waals surface area contributed by atoms with Crippen LogP contribution in [-0.2, 0) is 6.54 Å². The highest BCUT2D eigenvalue weighted by molar-refractivity contribution is 6.30. The van der Waals surface area contributed by atoms with Crippen LogP contribution in [0.15, 0.2) is 65.7 Å². The van der Waals surface area contributed by atoms with Crippen molar-refractivity contribution >= 4 is 17.4 Å². The van der Waals surface area contributed by atoms with Crippen molar-refractivity contribution in [3.05, 3.63) is 87.7 Å². The van der Waals surface area contributed by atoms with E-state index < -0.39 is 0 Å². The van der Waals surface area contributed by atoms with Crippen LogP contribution in [0, 0.1) is 5.82 Å². The molecule has 2 aromatic carbocycles. The monoisotopic (exact) mass is 329 g/mol. The Kier molecular flexibility index (Phi) is 4.39. The van der Waals surface area contributed by atoms with Gasteiger partial charge in [0.1, 0.15) is 5.82 Å². The van der Waals surface area contributed by atoms with Gasteiger partial charge in [0.15, 0.2) is 5.82 Å². The van der Waals surface area contributed by atoms with Crippen LogP contribution < -0.4 is 10.9 Å². The van der Waals surface area contributed by atoms with Crippen LogP contribution in [0.25, 0.3) is 5.69 Å². The summed E-state index contributed by atoms with van der Waals surface area (Å²) in [7, 11) is 0. The Morgan fingerprint density at radius 1 is 1.09 bits per heavy atom. The fraction of sp³-hybridized carbons (Fsp3) is 0.0588. The molecule has 1 heterocycles. The summed E-state index contributed by atoms with van der Waals surface area (Å²) in [5.74, 6) is -0.122. The average molecular weight is 330 g/mol. The van der Waals surface area contributed by atoms with E-state index in [0.717, 1.165) is 5.56 Å². The van der Waals surface area contributed by atoms with E-state index in [1.807, 2.05) is 12.1 Å². The predicted octanol–water partition coefficient (Wildman–Crippen LogP) is 3.64. The van der Waals surface area contributed by atoms with Crippen LogP contribution in [0.2, 0.25) is 5.02 Å². The molecule has 0 atom stereocenters. The molecule has 3 rings (SSSR count). The highest BCUT2D eigenvalue weighted by Gasteiger charge is 2.06. The third-order valence-electron chi connectivity index (χ3n) is 3.32. The summed E-state index contributed by atoms with van der Waals surface area (Å²) in [6.07, 6.45) is 3.07. The number of rotatable bonds is 4. The molecule has 0 aliphatic heterocycles. The average Bonchev–Trinajstić information content (AvgIpc) is 2.56. The lowest BCUT2D eigenvalue weighted by Crippen LogP contribution is -2.23. The number of aromatic nitrogens is 2. The first kappa shape index (κ1) is 15.2. The molecule has 116 valence electrons. The second kappa shape index (κ2) is 6.62. The Labute approximate surface area is 137 Å². The Hall–Kier alpha value is -2.66. The van der Waals surface area contributed by atoms with Crippen molar-refractivity contribution in [2.24, 2.45) is 0 Å². The molecule has 0 spiro atoms. The molecule has 3 aromatic rings. The quantitative estimate of drug-likeness (QED) is 0.795. The van der Waals surface area contributed by atoms with Crippen LogP contribution in [-0.4, -0.2) is 9.55 Å². The molecule has 0 aliphatic rings. The van der Waals surface area contributed by atoms with Gasteiger partial charge < -0.3 is 5.32 Å². The molecule has 1 aromatic heterocycles. The first-order chi connectivity index (χ1) is 11.1. The van der Waals surface area contributed by atoms with Gasteiger partial charge in [0, 0.05) is 29.6 Å². The lowest BCUT2D eigenvalue weighted by Gasteiger charge is -2.09. The van der Waals surface area contributed by atoms with E-state index in [4.69, 9.17) is 11.6 Å². The number of hydrogen-bond donors (Lipinski definition) is 1. The predicted molar refractivity (Wildman–Crippen MR) is 88.6 cm³/mol. The van der Waals surface area contributed by atoms with Crippen molar-refractivity contribution in [1.82, 2.24) is 9.55 Å². The van der Waals surface area contributed by atoms with Gasteiger partial charge >= 0.3 is 0 Å². The molecule has 0 bridgehead atoms. The van der Waals surface area contributed by atoms with Crippen LogP contribution >= 0.6 is 11.6 Å². The SMILES string of the molecule is O=c1c(NCc2ccc(Cl)cc2)nccn1-c1ccc(F)cc1. The van der Waals surface area contributed by atoms with Gasteiger partial charge in [-0.05, 0) is 42.0 Å². The number of nitrogens with one attached hydrogen (secondary N) is 1. The second-order valence-electron chi connectivity index (χ2n) is 4.91. The number of anilines is 1. The second-order valence-corrected chi connectivity index (χ2v) is 5.34. The third kappa shape index (κ3) is 3.57. The Morgan fingerprint density at radius 3 is 2.48 bits per heavy atom. The first-order valence-corrected chi connectivity index (χ1v) is 7.33. The van der Waals surface area contributed by atoms with E-state index in [9.17, 15) is 9.18 Å². The fourth-order valence-corrected chi connectivity index (χ4v) is 2.25. The van der Waals surface area contributed by atoms with E-state index in [0.29, 0.717) is 17.3 Å². The summed E-state index contributed by atoms with van der Waals surface area (Å²) in [6, 6.07) is 13.0. The molecule has 0 amide bonds. The van der Waals surface area contributed by atoms with Gasteiger partial charge in [0.2, 0.25) is 0 Å². The largest absolute Gasteiger partial charge is 0.361 e. The van der Waals surface area contributed by atoms with E-state index in [2.05, 4.69) is 10.3 Å². The summed E-state index contributed by atoms with van der Waals surface area (Å²) in [6.45, 7) is 0.451. The van der Waals surface area contributed by atoms with Gasteiger partial charge in [-0.15, -0.1) is 0 Å². The summed E-state index contributed by atoms with van der Waals surface area (Å²) in [5, 5.41) is 3.67. The number of benzene rings is 2. The van der Waals surface area contributed by atoms with Crippen molar-refractivity contribution < 1.29 is 4.39 Å². The zero-order valence-electron chi connectivity index (χ0n) is 12.0. The lowest BCUT2D eigenvalue weighted by atomic mass is 10.2. The number of halogens is 2. The Bertz CT molecular complexity index is 860. The molecule has 23 heavy (non-hydrogen) atoms. The molecule has 6 heteroatoms. The minimum atomic E-state index is -0.350. The van der Waals surface area contributed by atoms with Gasteiger partial charge in [-0.25, -0.2) is 9.37 Å². The first-order valence-electron chi connectivity index (χ1n) is 6.95. The highest BCUT2D eigenvalue weighted by atomic mass is 35.5. The molecular formula is C17H13ClFN3O. The maximum absolute atomic E-state index is 13.0. The highest BCUT2D eigenvalue weighted by Crippen LogP contribution is 2.11. The van der Waals surface area contributed by atoms with Crippen molar-refractivity contribution in [3.63, 3.8) is 0 Å². The smallest absolute Gasteiger partial charge is 0.297 e. The normalized spacial score (nSPS) is 10.5. The molecule has 1 N–H and O–H groups in total. The minimum absolute atomic E-state index is 0.228. The third-order valence-corrected chi connectivity index (χ3v) is 3.57. The summed E-state index contributed by atoms with van der Waals surface area (Å²) in [5.41, 5.74) is 1.26. The molecule has 0 saturated carbocycles. The summed E-state index contributed by atoms with van der Waals surface area (Å²) >= 11 is 5.84. The van der Waals surface area contributed by atoms with Gasteiger partial charge in [0.05, 0.1) is 0 Å². The van der Waals surface area contributed by atoms with Crippen LogP contribution in [0.5, 0.6) is 0 Å². The molecule has 0 aliphatic carbocycles. The van der Waals surface area contributed by atoms with Crippen molar-refractivity contribution in [2.45, 2.75) is 6.54 Å². The molecule has 0 saturated heterocycles. The Balaban J connectivity index is 1.83. The zero-order chi connectivity index (χ0) is 16.2. The maximum Gasteiger partial charge on any atom is 0.297 e. The molecular weight excluding hydrogens is 317 g/mol. The molecule has 0 unspecified atom stereocenters. The van der Waals surface area contributed by atoms with Gasteiger partial charge in [-0.3, -0.25) is 9.36 Å². The number of hydrogen-bond acceptors (Lipinski definition) is 3. The standard InChI is InChI=1S/C17H13ClFN3O/c18-13-3-1-12(2-4-13)11-21-16-17(23)22(10-9-20-16)15-7-5-14(19)6-8-15/h1-10H,11H2,(H,20,21). The van der Waals surface area contributed by atoms with E-state index >= 15 is 0 Å². The van der Waals surface area contributed by atoms with E-state index in [1.165, 1.54) is 22.9 Å². The van der Waals surface area contributed by atoms with Gasteiger partial charge in [-0.2, -0.15) is 0 Å². The topological polar surface area (TPSA) is 46.9 Å². The van der Waals surface area contributed by atoms with E-state index in [-0.39, 0.29) is 17.2 Å². The zero-order valence-corrected chi connectivity index (χ0v) is 12.8. The molecule has 0 radical (unpaired) electrons. The van der Waals surface area contributed by atoms with Gasteiger partial charge in [-0.1, -0.05) is 23.7 Å². The molecule has 4 nitrogen and oxygen atoms in total. The van der Waals surface area contributed by atoms with Crippen molar-refractivity contribution in [2.75, 3.05) is 5.32 Å². The fourth-order valence-electron chi connectivity index (χ4n) is 2.13. The van der Waals surface area contributed by atoms with Gasteiger partial charge in [0.25, 0.3) is 5.56 Å². The summed E-state index contributed by atoms with van der Waals surface area (Å²) < 4.78 is 14.4. The Morgan fingerprint density at radius 2 is 1.78 bits per heavy atom. The lowest BCUT2D eigenvalue weighted by molar-refractivity contribution is 0.627. The van der Waals surface area contributed by atoms with Crippen LogP contribution in [0.3, 0.4) is 0 Å². The maximum atomic E-state index is 13.0. The van der Waals surface area contributed by atoms with Crippen molar-refractivity contribution in [1.29, 1.82) is 0 Å². The van der Waals surface area contributed by atoms with E-state index in [1.54, 1.807) is 30.5 Å². The molecule has 0 fully saturated rings. The van der Waals surface area contributed by atoms with Crippen LogP contribution in [0.4, 0.5) is 10.2 Å². The minimum Gasteiger partial charge on any atom is -0.361 e. The van der Waals surface area contributed by atoms with Crippen molar-refractivity contribution in [3.8, 4) is 5.69 Å². The summed E-state index contributed by atoms with van der Waals surface area (Å²) in [4.78, 5) is 16.5.